The molecule has 0 saturated heterocycles. The number of nitrogens with two attached hydrogens (primary N) is 3. The van der Waals surface area contributed by atoms with Crippen molar-refractivity contribution in [1.29, 1.82) is 0 Å². The van der Waals surface area contributed by atoms with Crippen LogP contribution in [0.4, 0.5) is 5.69 Å². The molecule has 0 radical (unpaired) electrons. The van der Waals surface area contributed by atoms with Gasteiger partial charge in [0.25, 0.3) is 0 Å². The number of amides is 1. The molecule has 1 unspecified atom stereocenters. The summed E-state index contributed by atoms with van der Waals surface area (Å²) in [6, 6.07) is 8.09. The van der Waals surface area contributed by atoms with Crippen molar-refractivity contribution in [2.24, 2.45) is 22.2 Å². The molecule has 0 aliphatic rings. The average molecular weight is 549 g/mol. The summed E-state index contributed by atoms with van der Waals surface area (Å²) in [4.78, 5) is 16.6. The average Bonchev–Trinajstić information content (AvgIpc) is 3.40. The highest BCUT2D eigenvalue weighted by Gasteiger charge is 2.19. The molecule has 1 aromatic heterocycles. The van der Waals surface area contributed by atoms with Gasteiger partial charge in [0.1, 0.15) is 5.75 Å². The molecule has 206 valence electrons. The Bertz CT molecular complexity index is 1240. The fourth-order valence-corrected chi connectivity index (χ4v) is 3.65. The monoisotopic (exact) mass is 548 g/mol. The first-order valence-corrected chi connectivity index (χ1v) is 11.3. The highest BCUT2D eigenvalue weighted by molar-refractivity contribution is 5.96. The van der Waals surface area contributed by atoms with Crippen LogP contribution in [0.15, 0.2) is 41.5 Å². The topological polar surface area (TPSA) is 187 Å². The lowest BCUT2D eigenvalue weighted by atomic mass is 10.1. The summed E-state index contributed by atoms with van der Waals surface area (Å²) < 4.78 is 23.4. The number of benzene rings is 2. The number of carbonyl (C=O) groups is 1. The smallest absolute Gasteiger partial charge is 0.241 e. The molecule has 0 saturated carbocycles. The van der Waals surface area contributed by atoms with Gasteiger partial charge in [0.15, 0.2) is 17.5 Å². The van der Waals surface area contributed by atoms with Crippen LogP contribution in [-0.4, -0.2) is 67.9 Å². The molecule has 0 aliphatic heterocycles. The molecule has 1 amide bonds. The lowest BCUT2D eigenvalue weighted by Gasteiger charge is -2.16. The highest BCUT2D eigenvalue weighted by atomic mass is 35.5. The normalized spacial score (nSPS) is 11.1. The summed E-state index contributed by atoms with van der Waals surface area (Å²) in [6.45, 7) is 0.389. The number of nitrogens with zero attached hydrogens (tertiary/aromatic N) is 4. The Morgan fingerprint density at radius 2 is 1.68 bits per heavy atom. The minimum Gasteiger partial charge on any atom is -0.495 e. The molecule has 0 fully saturated rings. The second-order valence-corrected chi connectivity index (χ2v) is 7.87. The minimum absolute atomic E-state index is 0. The van der Waals surface area contributed by atoms with Crippen molar-refractivity contribution < 1.29 is 23.7 Å². The third kappa shape index (κ3) is 6.95. The van der Waals surface area contributed by atoms with Crippen LogP contribution in [0.3, 0.4) is 0 Å². The predicted octanol–water partition coefficient (Wildman–Crippen LogP) is 1.71. The summed E-state index contributed by atoms with van der Waals surface area (Å²) in [5.74, 6) is 1.50. The largest absolute Gasteiger partial charge is 0.495 e. The van der Waals surface area contributed by atoms with Crippen molar-refractivity contribution in [2.75, 3.05) is 40.3 Å². The van der Waals surface area contributed by atoms with E-state index in [4.69, 9.17) is 36.1 Å². The van der Waals surface area contributed by atoms with Crippen molar-refractivity contribution in [1.82, 2.24) is 15.0 Å². The minimum atomic E-state index is -0.756. The van der Waals surface area contributed by atoms with E-state index in [1.165, 1.54) is 28.4 Å². The lowest BCUT2D eigenvalue weighted by Crippen LogP contribution is -2.35. The fourth-order valence-electron chi connectivity index (χ4n) is 3.65. The molecule has 1 heterocycles. The maximum atomic E-state index is 12.7. The van der Waals surface area contributed by atoms with Crippen LogP contribution in [0, 0.1) is 0 Å². The Morgan fingerprint density at radius 3 is 2.26 bits per heavy atom. The van der Waals surface area contributed by atoms with Gasteiger partial charge in [0, 0.05) is 24.2 Å². The number of methoxy groups -OCH3 is 4. The number of anilines is 1. The zero-order valence-corrected chi connectivity index (χ0v) is 22.4. The molecule has 13 nitrogen and oxygen atoms in total. The molecule has 7 N–H and O–H groups in total. The first-order chi connectivity index (χ1) is 17.8. The fraction of sp³-hybridized carbons (Fsp3) is 0.333. The Hall–Kier alpha value is -4.23. The number of hydrogen-bond donors (Lipinski definition) is 4. The van der Waals surface area contributed by atoms with Crippen molar-refractivity contribution in [2.45, 2.75) is 18.9 Å². The zero-order chi connectivity index (χ0) is 26.9. The highest BCUT2D eigenvalue weighted by Crippen LogP contribution is 2.40. The summed E-state index contributed by atoms with van der Waals surface area (Å²) >= 11 is 0. The van der Waals surface area contributed by atoms with Gasteiger partial charge in [0.2, 0.25) is 11.7 Å². The van der Waals surface area contributed by atoms with Crippen LogP contribution in [0.1, 0.15) is 12.8 Å². The van der Waals surface area contributed by atoms with Crippen LogP contribution in [0.25, 0.3) is 16.9 Å². The van der Waals surface area contributed by atoms with Gasteiger partial charge >= 0.3 is 0 Å². The number of rotatable bonds is 12. The Morgan fingerprint density at radius 1 is 1.03 bits per heavy atom. The molecule has 2 aromatic carbocycles. The Balaban J connectivity index is 0.00000507. The number of aliphatic imine (C=N–C) groups is 1. The molecule has 0 aliphatic carbocycles. The quantitative estimate of drug-likeness (QED) is 0.147. The molecule has 38 heavy (non-hydrogen) atoms. The maximum Gasteiger partial charge on any atom is 0.241 e. The van der Waals surface area contributed by atoms with E-state index < -0.39 is 6.04 Å². The SMILES string of the molecule is COc1ccc(-c2cnnn2-c2cc(OC)c(OC)c(OC)c2)cc1NC(=O)C(N)CCCN=C(N)N.Cl. The summed E-state index contributed by atoms with van der Waals surface area (Å²) in [5.41, 5.74) is 19.1. The Labute approximate surface area is 226 Å². The number of guanidine groups is 1. The van der Waals surface area contributed by atoms with E-state index in [0.29, 0.717) is 59.5 Å². The van der Waals surface area contributed by atoms with Crippen molar-refractivity contribution in [3.8, 4) is 39.9 Å². The van der Waals surface area contributed by atoms with Crippen molar-refractivity contribution >= 4 is 30.0 Å². The standard InChI is InChI=1S/C24H32N8O5.ClH/c1-34-19-8-7-14(10-17(19)30-23(33)16(25)6-5-9-28-24(26)27)18-13-29-31-32(18)15-11-20(35-2)22(37-4)21(12-15)36-3;/h7-8,10-13,16H,5-6,9,25H2,1-4H3,(H,30,33)(H4,26,27,28);1H. The van der Waals surface area contributed by atoms with Crippen LogP contribution in [0.5, 0.6) is 23.0 Å². The summed E-state index contributed by atoms with van der Waals surface area (Å²) in [7, 11) is 6.12. The van der Waals surface area contributed by atoms with Crippen molar-refractivity contribution in [3.05, 3.63) is 36.5 Å². The van der Waals surface area contributed by atoms with Gasteiger partial charge in [0.05, 0.1) is 57.7 Å². The van der Waals surface area contributed by atoms with Crippen LogP contribution in [0.2, 0.25) is 0 Å². The van der Waals surface area contributed by atoms with Gasteiger partial charge in [-0.2, -0.15) is 0 Å². The molecule has 0 bridgehead atoms. The van der Waals surface area contributed by atoms with Gasteiger partial charge in [-0.3, -0.25) is 9.79 Å². The molecule has 3 rings (SSSR count). The first-order valence-electron chi connectivity index (χ1n) is 11.3. The number of nitrogens with one attached hydrogen (secondary N) is 1. The first kappa shape index (κ1) is 30.0. The molecule has 3 aromatic rings. The third-order valence-corrected chi connectivity index (χ3v) is 5.50. The van der Waals surface area contributed by atoms with E-state index in [0.717, 1.165) is 5.56 Å². The van der Waals surface area contributed by atoms with Gasteiger partial charge < -0.3 is 41.5 Å². The van der Waals surface area contributed by atoms with Gasteiger partial charge in [-0.15, -0.1) is 17.5 Å². The number of ether oxygens (including phenoxy) is 4. The second kappa shape index (κ2) is 13.9. The predicted molar refractivity (Wildman–Crippen MR) is 147 cm³/mol. The van der Waals surface area contributed by atoms with Crippen LogP contribution in [-0.2, 0) is 4.79 Å². The van der Waals surface area contributed by atoms with E-state index in [1.54, 1.807) is 35.1 Å². The van der Waals surface area contributed by atoms with E-state index in [1.807, 2.05) is 6.07 Å². The van der Waals surface area contributed by atoms with Crippen molar-refractivity contribution in [3.63, 3.8) is 0 Å². The second-order valence-electron chi connectivity index (χ2n) is 7.87. The van der Waals surface area contributed by atoms with E-state index in [-0.39, 0.29) is 24.3 Å². The summed E-state index contributed by atoms with van der Waals surface area (Å²) in [5, 5.41) is 11.2. The Kier molecular flexibility index (Phi) is 11.0. The molecular weight excluding hydrogens is 516 g/mol. The maximum absolute atomic E-state index is 12.7. The zero-order valence-electron chi connectivity index (χ0n) is 21.6. The van der Waals surface area contributed by atoms with E-state index in [2.05, 4.69) is 20.6 Å². The number of hydrogen-bond acceptors (Lipinski definition) is 9. The molecular formula is C24H33ClN8O5. The molecule has 0 spiro atoms. The summed E-state index contributed by atoms with van der Waals surface area (Å²) in [6.07, 6.45) is 2.57. The number of carbonyl (C=O) groups excluding carboxylic acids is 1. The van der Waals surface area contributed by atoms with Gasteiger partial charge in [-0.1, -0.05) is 5.21 Å². The lowest BCUT2D eigenvalue weighted by molar-refractivity contribution is -0.117. The number of aromatic nitrogens is 3. The van der Waals surface area contributed by atoms with Gasteiger partial charge in [-0.05, 0) is 31.0 Å². The van der Waals surface area contributed by atoms with E-state index in [9.17, 15) is 4.79 Å². The number of halogens is 1. The molecule has 14 heteroatoms. The van der Waals surface area contributed by atoms with Crippen LogP contribution < -0.4 is 41.5 Å². The molecule has 1 atom stereocenters. The van der Waals surface area contributed by atoms with Gasteiger partial charge in [-0.25, -0.2) is 4.68 Å². The third-order valence-electron chi connectivity index (χ3n) is 5.50. The van der Waals surface area contributed by atoms with Crippen LogP contribution >= 0.6 is 12.4 Å². The van der Waals surface area contributed by atoms with E-state index >= 15 is 0 Å².